The van der Waals surface area contributed by atoms with Gasteiger partial charge in [0.15, 0.2) is 0 Å². The molecule has 2 N–H and O–H groups in total. The Kier molecular flexibility index (Phi) is 4.21. The highest BCUT2D eigenvalue weighted by Gasteiger charge is 2.32. The molecule has 110 valence electrons. The van der Waals surface area contributed by atoms with Crippen LogP contribution in [0.25, 0.3) is 0 Å². The summed E-state index contributed by atoms with van der Waals surface area (Å²) in [6.07, 6.45) is 0.873. The molecule has 0 aromatic heterocycles. The molecule has 1 aliphatic heterocycles. The molecule has 0 aliphatic carbocycles. The van der Waals surface area contributed by atoms with Crippen LogP contribution in [0, 0.1) is 5.41 Å². The van der Waals surface area contributed by atoms with Crippen molar-refractivity contribution in [2.75, 3.05) is 36.8 Å². The summed E-state index contributed by atoms with van der Waals surface area (Å²) in [7, 11) is 0. The Bertz CT molecular complexity index is 476. The second-order valence-corrected chi connectivity index (χ2v) is 6.08. The number of carbonyl (C=O) groups excluding carboxylic acids is 1. The van der Waals surface area contributed by atoms with Crippen LogP contribution in [-0.4, -0.2) is 37.0 Å². The van der Waals surface area contributed by atoms with Gasteiger partial charge in [0.25, 0.3) is 0 Å². The molecule has 0 spiro atoms. The molecular formula is C16H25N3O. The molecule has 1 aromatic rings. The largest absolute Gasteiger partial charge is 0.397 e. The normalized spacial score (nSPS) is 16.4. The van der Waals surface area contributed by atoms with Crippen molar-refractivity contribution in [3.63, 3.8) is 0 Å². The minimum Gasteiger partial charge on any atom is -0.397 e. The molecule has 2 rings (SSSR count). The molecule has 1 aromatic carbocycles. The van der Waals surface area contributed by atoms with Gasteiger partial charge in [-0.1, -0.05) is 32.9 Å². The van der Waals surface area contributed by atoms with E-state index >= 15 is 0 Å². The van der Waals surface area contributed by atoms with Crippen LogP contribution >= 0.6 is 0 Å². The predicted molar refractivity (Wildman–Crippen MR) is 83.7 cm³/mol. The Hall–Kier alpha value is -1.71. The number of rotatable bonds is 3. The van der Waals surface area contributed by atoms with Crippen LogP contribution in [0.5, 0.6) is 0 Å². The second kappa shape index (κ2) is 5.73. The molecule has 20 heavy (non-hydrogen) atoms. The van der Waals surface area contributed by atoms with Crippen molar-refractivity contribution >= 4 is 17.3 Å². The summed E-state index contributed by atoms with van der Waals surface area (Å²) in [5.74, 6) is 0.265. The maximum Gasteiger partial charge on any atom is 0.228 e. The Balaban J connectivity index is 2.00. The number of amides is 1. The number of para-hydroxylation sites is 2. The van der Waals surface area contributed by atoms with Crippen molar-refractivity contribution in [1.82, 2.24) is 4.90 Å². The zero-order chi connectivity index (χ0) is 14.8. The van der Waals surface area contributed by atoms with E-state index in [1.54, 1.807) is 0 Å². The van der Waals surface area contributed by atoms with E-state index in [1.165, 1.54) is 0 Å². The van der Waals surface area contributed by atoms with E-state index in [9.17, 15) is 4.79 Å². The zero-order valence-corrected chi connectivity index (χ0v) is 12.7. The van der Waals surface area contributed by atoms with E-state index in [0.717, 1.165) is 44.0 Å². The fourth-order valence-electron chi connectivity index (χ4n) is 2.51. The lowest BCUT2D eigenvalue weighted by Crippen LogP contribution is -2.52. The summed E-state index contributed by atoms with van der Waals surface area (Å²) in [4.78, 5) is 16.7. The van der Waals surface area contributed by atoms with Gasteiger partial charge in [-0.15, -0.1) is 0 Å². The Morgan fingerprint density at radius 2 is 1.80 bits per heavy atom. The fraction of sp³-hybridized carbons (Fsp3) is 0.562. The maximum absolute atomic E-state index is 12.4. The molecule has 1 fully saturated rings. The van der Waals surface area contributed by atoms with Gasteiger partial charge in [-0.25, -0.2) is 0 Å². The van der Waals surface area contributed by atoms with E-state index in [1.807, 2.05) is 43.0 Å². The van der Waals surface area contributed by atoms with Gasteiger partial charge in [0.05, 0.1) is 11.4 Å². The summed E-state index contributed by atoms with van der Waals surface area (Å²) < 4.78 is 0. The minimum absolute atomic E-state index is 0.256. The Morgan fingerprint density at radius 3 is 2.35 bits per heavy atom. The lowest BCUT2D eigenvalue weighted by Gasteiger charge is -2.39. The number of nitrogens with two attached hydrogens (primary N) is 1. The van der Waals surface area contributed by atoms with Crippen LogP contribution < -0.4 is 10.6 Å². The molecule has 0 unspecified atom stereocenters. The van der Waals surface area contributed by atoms with Crippen molar-refractivity contribution in [1.29, 1.82) is 0 Å². The molecule has 4 heteroatoms. The van der Waals surface area contributed by atoms with Crippen LogP contribution in [-0.2, 0) is 4.79 Å². The molecule has 1 amide bonds. The van der Waals surface area contributed by atoms with E-state index in [0.29, 0.717) is 0 Å². The van der Waals surface area contributed by atoms with E-state index < -0.39 is 0 Å². The topological polar surface area (TPSA) is 49.6 Å². The molecule has 1 heterocycles. The fourth-order valence-corrected chi connectivity index (χ4v) is 2.51. The number of piperazine rings is 1. The van der Waals surface area contributed by atoms with Crippen molar-refractivity contribution in [3.8, 4) is 0 Å². The van der Waals surface area contributed by atoms with Gasteiger partial charge in [0.1, 0.15) is 0 Å². The van der Waals surface area contributed by atoms with Gasteiger partial charge in [0, 0.05) is 31.6 Å². The highest BCUT2D eigenvalue weighted by atomic mass is 16.2. The average molecular weight is 275 g/mol. The predicted octanol–water partition coefficient (Wildman–Crippen LogP) is 2.35. The molecule has 0 atom stereocenters. The number of hydrogen-bond donors (Lipinski definition) is 1. The van der Waals surface area contributed by atoms with Gasteiger partial charge in [-0.2, -0.15) is 0 Å². The van der Waals surface area contributed by atoms with Crippen molar-refractivity contribution in [3.05, 3.63) is 24.3 Å². The first kappa shape index (κ1) is 14.7. The van der Waals surface area contributed by atoms with Crippen LogP contribution in [0.1, 0.15) is 27.2 Å². The van der Waals surface area contributed by atoms with Gasteiger partial charge >= 0.3 is 0 Å². The molecule has 4 nitrogen and oxygen atoms in total. The number of nitrogen functional groups attached to an aromatic ring is 1. The summed E-state index contributed by atoms with van der Waals surface area (Å²) in [6, 6.07) is 7.92. The summed E-state index contributed by atoms with van der Waals surface area (Å²) in [5, 5.41) is 0. The minimum atomic E-state index is -0.256. The van der Waals surface area contributed by atoms with Gasteiger partial charge in [-0.3, -0.25) is 4.79 Å². The second-order valence-electron chi connectivity index (χ2n) is 6.08. The van der Waals surface area contributed by atoms with Gasteiger partial charge < -0.3 is 15.5 Å². The third kappa shape index (κ3) is 2.89. The van der Waals surface area contributed by atoms with E-state index in [4.69, 9.17) is 5.73 Å². The van der Waals surface area contributed by atoms with Crippen LogP contribution in [0.4, 0.5) is 11.4 Å². The van der Waals surface area contributed by atoms with Crippen LogP contribution in [0.15, 0.2) is 24.3 Å². The van der Waals surface area contributed by atoms with Gasteiger partial charge in [-0.05, 0) is 18.6 Å². The number of carbonyl (C=O) groups is 1. The lowest BCUT2D eigenvalue weighted by molar-refractivity contribution is -0.140. The first-order valence-corrected chi connectivity index (χ1v) is 7.34. The maximum atomic E-state index is 12.4. The van der Waals surface area contributed by atoms with Crippen molar-refractivity contribution < 1.29 is 4.79 Å². The summed E-state index contributed by atoms with van der Waals surface area (Å²) in [6.45, 7) is 9.36. The average Bonchev–Trinajstić information content (AvgIpc) is 2.47. The first-order chi connectivity index (χ1) is 9.45. The number of anilines is 2. The zero-order valence-electron chi connectivity index (χ0n) is 12.7. The molecule has 1 saturated heterocycles. The lowest BCUT2D eigenvalue weighted by atomic mass is 9.88. The summed E-state index contributed by atoms with van der Waals surface area (Å²) in [5.41, 5.74) is 7.64. The van der Waals surface area contributed by atoms with Crippen molar-refractivity contribution in [2.45, 2.75) is 27.2 Å². The molecule has 0 bridgehead atoms. The molecule has 1 aliphatic rings. The molecular weight excluding hydrogens is 250 g/mol. The monoisotopic (exact) mass is 275 g/mol. The Morgan fingerprint density at radius 1 is 1.20 bits per heavy atom. The third-order valence-electron chi connectivity index (χ3n) is 4.31. The van der Waals surface area contributed by atoms with E-state index in [2.05, 4.69) is 11.8 Å². The van der Waals surface area contributed by atoms with Crippen LogP contribution in [0.3, 0.4) is 0 Å². The highest BCUT2D eigenvalue weighted by Crippen LogP contribution is 2.26. The molecule has 0 saturated carbocycles. The smallest absolute Gasteiger partial charge is 0.228 e. The third-order valence-corrected chi connectivity index (χ3v) is 4.31. The summed E-state index contributed by atoms with van der Waals surface area (Å²) >= 11 is 0. The van der Waals surface area contributed by atoms with Crippen molar-refractivity contribution in [2.24, 2.45) is 5.41 Å². The first-order valence-electron chi connectivity index (χ1n) is 7.34. The van der Waals surface area contributed by atoms with E-state index in [-0.39, 0.29) is 11.3 Å². The van der Waals surface area contributed by atoms with Crippen LogP contribution in [0.2, 0.25) is 0 Å². The van der Waals surface area contributed by atoms with Gasteiger partial charge in [0.2, 0.25) is 5.91 Å². The number of hydrogen-bond acceptors (Lipinski definition) is 3. The highest BCUT2D eigenvalue weighted by molar-refractivity contribution is 5.82. The SMILES string of the molecule is CCC(C)(C)C(=O)N1CCN(c2ccccc2N)CC1. The number of nitrogens with zero attached hydrogens (tertiary/aromatic N) is 2. The number of benzene rings is 1. The quantitative estimate of drug-likeness (QED) is 0.862. The Labute approximate surface area is 121 Å². The standard InChI is InChI=1S/C16H25N3O/c1-4-16(2,3)15(20)19-11-9-18(10-12-19)14-8-6-5-7-13(14)17/h5-8H,4,9-12,17H2,1-3H3. The molecule has 0 radical (unpaired) electrons.